The molecule has 3 aromatic heterocycles. The van der Waals surface area contributed by atoms with Crippen LogP contribution in [-0.4, -0.2) is 15.0 Å². The van der Waals surface area contributed by atoms with Gasteiger partial charge in [-0.05, 0) is 41.8 Å². The molecule has 2 N–H and O–H groups in total. The summed E-state index contributed by atoms with van der Waals surface area (Å²) in [6.07, 6.45) is 9.92. The van der Waals surface area contributed by atoms with Crippen LogP contribution < -0.4 is 5.73 Å². The molecule has 5 heteroatoms. The van der Waals surface area contributed by atoms with E-state index >= 15 is 0 Å². The average Bonchev–Trinajstić information content (AvgIpc) is 3.07. The van der Waals surface area contributed by atoms with Crippen LogP contribution in [0.3, 0.4) is 0 Å². The summed E-state index contributed by atoms with van der Waals surface area (Å²) >= 11 is 1.71. The van der Waals surface area contributed by atoms with Crippen LogP contribution >= 0.6 is 11.3 Å². The van der Waals surface area contributed by atoms with E-state index in [1.807, 2.05) is 18.2 Å². The van der Waals surface area contributed by atoms with Gasteiger partial charge in [-0.1, -0.05) is 25.3 Å². The second kappa shape index (κ2) is 6.34. The lowest BCUT2D eigenvalue weighted by Crippen LogP contribution is -2.16. The zero-order chi connectivity index (χ0) is 15.6. The quantitative estimate of drug-likeness (QED) is 0.785. The van der Waals surface area contributed by atoms with Gasteiger partial charge < -0.3 is 5.73 Å². The first kappa shape index (κ1) is 14.7. The molecule has 4 nitrogen and oxygen atoms in total. The Morgan fingerprint density at radius 1 is 1.09 bits per heavy atom. The summed E-state index contributed by atoms with van der Waals surface area (Å²) < 4.78 is 0. The predicted octanol–water partition coefficient (Wildman–Crippen LogP) is 4.18. The lowest BCUT2D eigenvalue weighted by Gasteiger charge is -2.22. The molecule has 4 rings (SSSR count). The van der Waals surface area contributed by atoms with Crippen LogP contribution in [0.5, 0.6) is 0 Å². The van der Waals surface area contributed by atoms with Gasteiger partial charge >= 0.3 is 0 Å². The summed E-state index contributed by atoms with van der Waals surface area (Å²) in [5.74, 6) is 0.623. The fraction of sp³-hybridized carbons (Fsp3) is 0.389. The van der Waals surface area contributed by atoms with Crippen LogP contribution in [0.15, 0.2) is 36.1 Å². The Balaban J connectivity index is 1.81. The van der Waals surface area contributed by atoms with Crippen LogP contribution in [-0.2, 0) is 0 Å². The minimum Gasteiger partial charge on any atom is -0.318 e. The van der Waals surface area contributed by atoms with Gasteiger partial charge in [0, 0.05) is 11.6 Å². The second-order valence-electron chi connectivity index (χ2n) is 6.20. The van der Waals surface area contributed by atoms with E-state index in [9.17, 15) is 0 Å². The molecule has 0 radical (unpaired) electrons. The molecule has 1 fully saturated rings. The van der Waals surface area contributed by atoms with Crippen molar-refractivity contribution in [1.29, 1.82) is 0 Å². The molecule has 0 spiro atoms. The average molecular weight is 324 g/mol. The fourth-order valence-corrected chi connectivity index (χ4v) is 4.57. The maximum Gasteiger partial charge on any atom is 0.127 e. The third kappa shape index (κ3) is 2.75. The third-order valence-corrected chi connectivity index (χ3v) is 5.68. The highest BCUT2D eigenvalue weighted by atomic mass is 32.1. The van der Waals surface area contributed by atoms with Gasteiger partial charge in [0.1, 0.15) is 11.2 Å². The van der Waals surface area contributed by atoms with Crippen molar-refractivity contribution in [3.63, 3.8) is 0 Å². The summed E-state index contributed by atoms with van der Waals surface area (Å²) in [5.41, 5.74) is 9.65. The molecule has 1 aliphatic carbocycles. The van der Waals surface area contributed by atoms with Crippen molar-refractivity contribution in [3.05, 3.63) is 53.1 Å². The van der Waals surface area contributed by atoms with Gasteiger partial charge in [-0.3, -0.25) is 4.98 Å². The normalized spacial score (nSPS) is 17.4. The minimum absolute atomic E-state index is 0.307. The van der Waals surface area contributed by atoms with Gasteiger partial charge in [0.15, 0.2) is 0 Å². The number of thiophene rings is 1. The first-order valence-corrected chi connectivity index (χ1v) is 9.11. The monoisotopic (exact) mass is 324 g/mol. The van der Waals surface area contributed by atoms with Crippen LogP contribution in [0.2, 0.25) is 0 Å². The maximum absolute atomic E-state index is 6.49. The maximum atomic E-state index is 6.49. The zero-order valence-electron chi connectivity index (χ0n) is 13.0. The Bertz CT molecular complexity index is 793. The molecule has 1 saturated carbocycles. The zero-order valence-corrected chi connectivity index (χ0v) is 13.8. The van der Waals surface area contributed by atoms with Crippen LogP contribution in [0.1, 0.15) is 61.0 Å². The Kier molecular flexibility index (Phi) is 4.06. The Morgan fingerprint density at radius 2 is 1.96 bits per heavy atom. The van der Waals surface area contributed by atoms with Crippen LogP contribution in [0.4, 0.5) is 0 Å². The molecule has 0 bridgehead atoms. The van der Waals surface area contributed by atoms with E-state index in [4.69, 9.17) is 5.73 Å². The van der Waals surface area contributed by atoms with E-state index in [1.54, 1.807) is 23.9 Å². The SMILES string of the molecule is NC(c1ccccn1)c1ncnc2scc(C3CCCCC3)c12. The topological polar surface area (TPSA) is 64.7 Å². The molecular formula is C18H20N4S. The lowest BCUT2D eigenvalue weighted by molar-refractivity contribution is 0.446. The number of rotatable bonds is 3. The fourth-order valence-electron chi connectivity index (χ4n) is 3.57. The van der Waals surface area contributed by atoms with Crippen molar-refractivity contribution in [1.82, 2.24) is 15.0 Å². The summed E-state index contributed by atoms with van der Waals surface area (Å²) in [6.45, 7) is 0. The van der Waals surface area contributed by atoms with Gasteiger partial charge in [0.25, 0.3) is 0 Å². The highest BCUT2D eigenvalue weighted by Crippen LogP contribution is 2.40. The molecule has 1 aliphatic rings. The molecule has 0 saturated heterocycles. The van der Waals surface area contributed by atoms with Gasteiger partial charge in [-0.2, -0.15) is 0 Å². The Morgan fingerprint density at radius 3 is 2.74 bits per heavy atom. The molecule has 0 aliphatic heterocycles. The highest BCUT2D eigenvalue weighted by molar-refractivity contribution is 7.17. The smallest absolute Gasteiger partial charge is 0.127 e. The summed E-state index contributed by atoms with van der Waals surface area (Å²) in [7, 11) is 0. The van der Waals surface area contributed by atoms with Crippen molar-refractivity contribution in [2.75, 3.05) is 0 Å². The van der Waals surface area contributed by atoms with Crippen molar-refractivity contribution in [2.24, 2.45) is 5.73 Å². The number of nitrogens with zero attached hydrogens (tertiary/aromatic N) is 3. The molecule has 3 heterocycles. The number of fused-ring (bicyclic) bond motifs is 1. The van der Waals surface area contributed by atoms with Crippen molar-refractivity contribution >= 4 is 21.6 Å². The van der Waals surface area contributed by atoms with Gasteiger partial charge in [0.05, 0.1) is 17.4 Å². The molecule has 0 aromatic carbocycles. The summed E-state index contributed by atoms with van der Waals surface area (Å²) in [5, 5.41) is 3.44. The summed E-state index contributed by atoms with van der Waals surface area (Å²) in [4.78, 5) is 14.5. The van der Waals surface area contributed by atoms with E-state index in [2.05, 4.69) is 20.3 Å². The van der Waals surface area contributed by atoms with Crippen LogP contribution in [0, 0.1) is 0 Å². The molecule has 0 amide bonds. The van der Waals surface area contributed by atoms with Crippen LogP contribution in [0.25, 0.3) is 10.2 Å². The molecular weight excluding hydrogens is 304 g/mol. The number of hydrogen-bond donors (Lipinski definition) is 1. The van der Waals surface area contributed by atoms with Crippen molar-refractivity contribution in [3.8, 4) is 0 Å². The Hall–Kier alpha value is -1.85. The third-order valence-electron chi connectivity index (χ3n) is 4.77. The first-order chi connectivity index (χ1) is 11.3. The second-order valence-corrected chi connectivity index (χ2v) is 7.06. The highest BCUT2D eigenvalue weighted by Gasteiger charge is 2.24. The number of hydrogen-bond acceptors (Lipinski definition) is 5. The van der Waals surface area contributed by atoms with Gasteiger partial charge in [-0.15, -0.1) is 11.3 Å². The van der Waals surface area contributed by atoms with Gasteiger partial charge in [-0.25, -0.2) is 9.97 Å². The minimum atomic E-state index is -0.307. The molecule has 1 unspecified atom stereocenters. The van der Waals surface area contributed by atoms with E-state index in [-0.39, 0.29) is 6.04 Å². The number of pyridine rings is 1. The molecule has 1 atom stereocenters. The Labute approximate surface area is 139 Å². The van der Waals surface area contributed by atoms with Crippen molar-refractivity contribution in [2.45, 2.75) is 44.1 Å². The van der Waals surface area contributed by atoms with E-state index < -0.39 is 0 Å². The lowest BCUT2D eigenvalue weighted by atomic mass is 9.83. The molecule has 3 aromatic rings. The number of aromatic nitrogens is 3. The first-order valence-electron chi connectivity index (χ1n) is 8.23. The van der Waals surface area contributed by atoms with E-state index in [0.717, 1.165) is 16.2 Å². The predicted molar refractivity (Wildman–Crippen MR) is 93.5 cm³/mol. The van der Waals surface area contributed by atoms with Crippen molar-refractivity contribution < 1.29 is 0 Å². The van der Waals surface area contributed by atoms with E-state index in [1.165, 1.54) is 43.1 Å². The molecule has 118 valence electrons. The number of nitrogens with two attached hydrogens (primary N) is 1. The largest absolute Gasteiger partial charge is 0.318 e. The van der Waals surface area contributed by atoms with E-state index in [0.29, 0.717) is 5.92 Å². The molecule has 23 heavy (non-hydrogen) atoms. The van der Waals surface area contributed by atoms with Gasteiger partial charge in [0.2, 0.25) is 0 Å². The summed E-state index contributed by atoms with van der Waals surface area (Å²) in [6, 6.07) is 5.53. The standard InChI is InChI=1S/C18H20N4S/c19-16(14-8-4-5-9-20-14)17-15-13(12-6-2-1-3-7-12)10-23-18(15)22-11-21-17/h4-5,8-12,16H,1-3,6-7,19H2.